The molecule has 6 nitrogen and oxygen atoms in total. The Morgan fingerprint density at radius 2 is 2.00 bits per heavy atom. The van der Waals surface area contributed by atoms with Crippen molar-refractivity contribution < 1.29 is 13.2 Å². The molecule has 1 amide bonds. The molecular weight excluding hydrogens is 434 g/mol. The minimum atomic E-state index is -3.39. The van der Waals surface area contributed by atoms with Crippen molar-refractivity contribution in [2.75, 3.05) is 13.1 Å². The summed E-state index contributed by atoms with van der Waals surface area (Å²) in [6.45, 7) is 1.50. The maximum absolute atomic E-state index is 12.6. The number of nitrogens with one attached hydrogen (secondary N) is 1. The van der Waals surface area contributed by atoms with E-state index in [1.807, 2.05) is 22.2 Å². The van der Waals surface area contributed by atoms with E-state index in [4.69, 9.17) is 0 Å². The van der Waals surface area contributed by atoms with Gasteiger partial charge in [0.05, 0.1) is 18.7 Å². The molecular formula is C18H19N3O3S4. The second-order valence-corrected chi connectivity index (χ2v) is 11.4. The fourth-order valence-electron chi connectivity index (χ4n) is 2.97. The molecule has 0 aliphatic carbocycles. The fraction of sp³-hybridized carbons (Fsp3) is 0.333. The zero-order valence-electron chi connectivity index (χ0n) is 15.0. The summed E-state index contributed by atoms with van der Waals surface area (Å²) in [6, 6.07) is 5.41. The van der Waals surface area contributed by atoms with Gasteiger partial charge in [-0.3, -0.25) is 4.79 Å². The molecule has 0 atom stereocenters. The number of thiazole rings is 1. The highest BCUT2D eigenvalue weighted by Crippen LogP contribution is 2.28. The first-order chi connectivity index (χ1) is 13.5. The summed E-state index contributed by atoms with van der Waals surface area (Å²) in [5.74, 6) is -0.125. The monoisotopic (exact) mass is 453 g/mol. The van der Waals surface area contributed by atoms with Gasteiger partial charge in [0.2, 0.25) is 5.91 Å². The number of thiophene rings is 2. The quantitative estimate of drug-likeness (QED) is 0.593. The van der Waals surface area contributed by atoms with Crippen molar-refractivity contribution in [3.05, 3.63) is 44.9 Å². The smallest absolute Gasteiger partial charge is 0.252 e. The zero-order valence-corrected chi connectivity index (χ0v) is 18.2. The number of carbonyl (C=O) groups is 1. The lowest BCUT2D eigenvalue weighted by atomic mass is 10.3. The normalized spacial score (nSPS) is 15.1. The van der Waals surface area contributed by atoms with E-state index in [1.54, 1.807) is 23.5 Å². The Balaban J connectivity index is 1.32. The van der Waals surface area contributed by atoms with Gasteiger partial charge < -0.3 is 5.32 Å². The molecule has 3 aromatic rings. The molecule has 1 aliphatic rings. The van der Waals surface area contributed by atoms with Gasteiger partial charge in [0.25, 0.3) is 10.0 Å². The van der Waals surface area contributed by atoms with E-state index in [9.17, 15) is 13.2 Å². The minimum absolute atomic E-state index is 0.125. The van der Waals surface area contributed by atoms with Gasteiger partial charge in [0.15, 0.2) is 0 Å². The van der Waals surface area contributed by atoms with Crippen molar-refractivity contribution in [1.82, 2.24) is 14.6 Å². The van der Waals surface area contributed by atoms with Crippen molar-refractivity contribution in [3.63, 3.8) is 0 Å². The van der Waals surface area contributed by atoms with Crippen molar-refractivity contribution in [3.8, 4) is 10.6 Å². The topological polar surface area (TPSA) is 79.4 Å². The van der Waals surface area contributed by atoms with Gasteiger partial charge in [0, 0.05) is 34.3 Å². The van der Waals surface area contributed by atoms with Crippen LogP contribution in [-0.2, 0) is 27.8 Å². The first-order valence-electron chi connectivity index (χ1n) is 8.85. The minimum Gasteiger partial charge on any atom is -0.351 e. The van der Waals surface area contributed by atoms with Gasteiger partial charge in [-0.05, 0) is 36.4 Å². The van der Waals surface area contributed by atoms with Crippen LogP contribution in [0.3, 0.4) is 0 Å². The third-order valence-corrected chi connectivity index (χ3v) is 9.49. The standard InChI is InChI=1S/C18H19N3O3S4/c22-16(9-14-12-26-18(20-14)13-5-8-25-11-13)19-10-15-3-4-17(27-15)28(23,24)21-6-1-2-7-21/h3-5,8,11-12H,1-2,6-7,9-10H2,(H,19,22). The molecule has 3 aromatic heterocycles. The van der Waals surface area contributed by atoms with Crippen LogP contribution in [0.25, 0.3) is 10.6 Å². The molecule has 28 heavy (non-hydrogen) atoms. The van der Waals surface area contributed by atoms with Crippen molar-refractivity contribution in [1.29, 1.82) is 0 Å². The number of hydrogen-bond acceptors (Lipinski definition) is 7. The second kappa shape index (κ2) is 8.42. The third kappa shape index (κ3) is 4.36. The predicted octanol–water partition coefficient (Wildman–Crippen LogP) is 3.58. The van der Waals surface area contributed by atoms with E-state index in [2.05, 4.69) is 10.3 Å². The van der Waals surface area contributed by atoms with Crippen LogP contribution in [0.4, 0.5) is 0 Å². The van der Waals surface area contributed by atoms with Crippen LogP contribution in [0.1, 0.15) is 23.4 Å². The van der Waals surface area contributed by atoms with E-state index >= 15 is 0 Å². The van der Waals surface area contributed by atoms with Crippen LogP contribution in [0.2, 0.25) is 0 Å². The Morgan fingerprint density at radius 3 is 2.75 bits per heavy atom. The number of amides is 1. The van der Waals surface area contributed by atoms with Crippen molar-refractivity contribution in [2.45, 2.75) is 30.0 Å². The number of rotatable bonds is 7. The number of hydrogen-bond donors (Lipinski definition) is 1. The molecule has 0 spiro atoms. The fourth-order valence-corrected chi connectivity index (χ4v) is 7.47. The lowest BCUT2D eigenvalue weighted by molar-refractivity contribution is -0.120. The van der Waals surface area contributed by atoms with Crippen LogP contribution >= 0.6 is 34.0 Å². The largest absolute Gasteiger partial charge is 0.351 e. The van der Waals surface area contributed by atoms with E-state index in [1.165, 1.54) is 27.0 Å². The Morgan fingerprint density at radius 1 is 1.18 bits per heavy atom. The van der Waals surface area contributed by atoms with Gasteiger partial charge in [0.1, 0.15) is 9.22 Å². The molecule has 0 radical (unpaired) electrons. The maximum Gasteiger partial charge on any atom is 0.252 e. The van der Waals surface area contributed by atoms with Crippen LogP contribution < -0.4 is 5.32 Å². The SMILES string of the molecule is O=C(Cc1csc(-c2ccsc2)n1)NCc1ccc(S(=O)(=O)N2CCCC2)s1. The van der Waals surface area contributed by atoms with E-state index < -0.39 is 10.0 Å². The molecule has 4 rings (SSSR count). The number of nitrogens with zero attached hydrogens (tertiary/aromatic N) is 2. The number of sulfonamides is 1. The van der Waals surface area contributed by atoms with Crippen molar-refractivity contribution >= 4 is 49.9 Å². The van der Waals surface area contributed by atoms with Crippen LogP contribution in [-0.4, -0.2) is 36.7 Å². The molecule has 0 unspecified atom stereocenters. The highest BCUT2D eigenvalue weighted by atomic mass is 32.2. The molecule has 1 N–H and O–H groups in total. The highest BCUT2D eigenvalue weighted by Gasteiger charge is 2.28. The van der Waals surface area contributed by atoms with E-state index in [0.717, 1.165) is 34.0 Å². The average molecular weight is 454 g/mol. The summed E-state index contributed by atoms with van der Waals surface area (Å²) in [6.07, 6.45) is 2.04. The third-order valence-electron chi connectivity index (χ3n) is 4.42. The zero-order chi connectivity index (χ0) is 19.6. The van der Waals surface area contributed by atoms with Crippen LogP contribution in [0.5, 0.6) is 0 Å². The first-order valence-corrected chi connectivity index (χ1v) is 12.9. The summed E-state index contributed by atoms with van der Waals surface area (Å²) in [5, 5.41) is 9.71. The molecule has 0 aromatic carbocycles. The second-order valence-electron chi connectivity index (χ2n) is 6.44. The van der Waals surface area contributed by atoms with E-state index in [-0.39, 0.29) is 12.3 Å². The molecule has 148 valence electrons. The molecule has 0 bridgehead atoms. The van der Waals surface area contributed by atoms with Gasteiger partial charge >= 0.3 is 0 Å². The predicted molar refractivity (Wildman–Crippen MR) is 113 cm³/mol. The summed E-state index contributed by atoms with van der Waals surface area (Å²) >= 11 is 4.37. The average Bonchev–Trinajstić information content (AvgIpc) is 3.48. The molecule has 0 saturated carbocycles. The Labute approximate surface area is 175 Å². The first kappa shape index (κ1) is 19.7. The lowest BCUT2D eigenvalue weighted by Crippen LogP contribution is -2.27. The molecule has 1 saturated heterocycles. The highest BCUT2D eigenvalue weighted by molar-refractivity contribution is 7.91. The van der Waals surface area contributed by atoms with Crippen LogP contribution in [0, 0.1) is 0 Å². The summed E-state index contributed by atoms with van der Waals surface area (Å²) in [4.78, 5) is 17.6. The molecule has 4 heterocycles. The summed E-state index contributed by atoms with van der Waals surface area (Å²) < 4.78 is 27.0. The molecule has 1 aliphatic heterocycles. The number of carbonyl (C=O) groups excluding carboxylic acids is 1. The van der Waals surface area contributed by atoms with Gasteiger partial charge in [-0.1, -0.05) is 0 Å². The lowest BCUT2D eigenvalue weighted by Gasteiger charge is -2.13. The number of aromatic nitrogens is 1. The Hall–Kier alpha value is -1.59. The summed E-state index contributed by atoms with van der Waals surface area (Å²) in [7, 11) is -3.39. The van der Waals surface area contributed by atoms with Gasteiger partial charge in [-0.15, -0.1) is 22.7 Å². The summed E-state index contributed by atoms with van der Waals surface area (Å²) in [5.41, 5.74) is 1.82. The maximum atomic E-state index is 12.6. The molecule has 10 heteroatoms. The van der Waals surface area contributed by atoms with E-state index in [0.29, 0.717) is 23.8 Å². The van der Waals surface area contributed by atoms with Gasteiger partial charge in [-0.25, -0.2) is 13.4 Å². The van der Waals surface area contributed by atoms with Gasteiger partial charge in [-0.2, -0.15) is 15.6 Å². The molecule has 1 fully saturated rings. The Bertz CT molecular complexity index is 1050. The Kier molecular flexibility index (Phi) is 5.93. The van der Waals surface area contributed by atoms with Crippen molar-refractivity contribution in [2.24, 2.45) is 0 Å². The van der Waals surface area contributed by atoms with Crippen LogP contribution in [0.15, 0.2) is 38.5 Å².